The maximum absolute atomic E-state index is 13.8. The number of aromatic amines is 1. The van der Waals surface area contributed by atoms with E-state index in [0.717, 1.165) is 33.2 Å². The molecule has 0 aliphatic heterocycles. The molecule has 0 fully saturated rings. The maximum atomic E-state index is 13.8. The van der Waals surface area contributed by atoms with Crippen LogP contribution in [0.5, 0.6) is 5.75 Å². The van der Waals surface area contributed by atoms with Crippen LogP contribution in [0.25, 0.3) is 33.1 Å². The average Bonchev–Trinajstić information content (AvgIpc) is 3.20. The first-order chi connectivity index (χ1) is 15.6. The third-order valence-electron chi connectivity index (χ3n) is 5.32. The third-order valence-corrected chi connectivity index (χ3v) is 5.32. The Morgan fingerprint density at radius 3 is 2.50 bits per heavy atom. The Bertz CT molecular complexity index is 1430. The van der Waals surface area contributed by atoms with Crippen LogP contribution in [0, 0.1) is 5.82 Å². The largest absolute Gasteiger partial charge is 0.489 e. The Kier molecular flexibility index (Phi) is 5.03. The standard InChI is InChI=1S/C26H19FN2O3/c1-31-26(30)23-14-21-20-12-9-18(27)13-22(20)28-25(21)24(29-23)17-7-10-19(11-8-17)32-15-16-5-3-2-4-6-16/h2-14,28H,15H2,1H3. The second-order valence-corrected chi connectivity index (χ2v) is 7.38. The molecule has 0 radical (unpaired) electrons. The number of rotatable bonds is 5. The summed E-state index contributed by atoms with van der Waals surface area (Å²) in [4.78, 5) is 20.0. The number of aromatic nitrogens is 2. The fraction of sp³-hybridized carbons (Fsp3) is 0.0769. The van der Waals surface area contributed by atoms with Crippen LogP contribution in [0.3, 0.4) is 0 Å². The number of hydrogen-bond donors (Lipinski definition) is 1. The van der Waals surface area contributed by atoms with Crippen molar-refractivity contribution in [3.05, 3.63) is 95.9 Å². The van der Waals surface area contributed by atoms with E-state index in [0.29, 0.717) is 17.8 Å². The number of H-pyrrole nitrogens is 1. The number of carbonyl (C=O) groups excluding carboxylic acids is 1. The number of benzene rings is 3. The number of nitrogens with zero attached hydrogens (tertiary/aromatic N) is 1. The van der Waals surface area contributed by atoms with E-state index in [-0.39, 0.29) is 11.5 Å². The molecule has 5 aromatic rings. The van der Waals surface area contributed by atoms with E-state index in [1.165, 1.54) is 19.2 Å². The number of hydrogen-bond acceptors (Lipinski definition) is 4. The first-order valence-electron chi connectivity index (χ1n) is 10.1. The van der Waals surface area contributed by atoms with E-state index in [9.17, 15) is 9.18 Å². The summed E-state index contributed by atoms with van der Waals surface area (Å²) < 4.78 is 24.5. The lowest BCUT2D eigenvalue weighted by Crippen LogP contribution is -2.05. The van der Waals surface area contributed by atoms with Crippen LogP contribution in [-0.2, 0) is 11.3 Å². The predicted octanol–water partition coefficient (Wildman–Crippen LogP) is 5.89. The number of fused-ring (bicyclic) bond motifs is 3. The number of pyridine rings is 1. The van der Waals surface area contributed by atoms with Crippen LogP contribution < -0.4 is 4.74 Å². The van der Waals surface area contributed by atoms with Crippen molar-refractivity contribution in [3.8, 4) is 17.0 Å². The molecule has 0 saturated carbocycles. The van der Waals surface area contributed by atoms with Crippen LogP contribution in [0.15, 0.2) is 78.9 Å². The molecule has 3 aromatic carbocycles. The average molecular weight is 426 g/mol. The first-order valence-corrected chi connectivity index (χ1v) is 10.1. The van der Waals surface area contributed by atoms with Crippen LogP contribution in [0.2, 0.25) is 0 Å². The highest BCUT2D eigenvalue weighted by Gasteiger charge is 2.17. The molecule has 0 amide bonds. The molecule has 158 valence electrons. The van der Waals surface area contributed by atoms with Gasteiger partial charge >= 0.3 is 5.97 Å². The zero-order valence-corrected chi connectivity index (χ0v) is 17.3. The normalized spacial score (nSPS) is 11.1. The van der Waals surface area contributed by atoms with Crippen molar-refractivity contribution in [2.45, 2.75) is 6.61 Å². The molecule has 1 N–H and O–H groups in total. The SMILES string of the molecule is COC(=O)c1cc2c([nH]c3cc(F)ccc32)c(-c2ccc(OCc3ccccc3)cc2)n1. The zero-order chi connectivity index (χ0) is 22.1. The number of methoxy groups -OCH3 is 1. The van der Waals surface area contributed by atoms with Gasteiger partial charge in [-0.2, -0.15) is 0 Å². The van der Waals surface area contributed by atoms with Gasteiger partial charge in [-0.1, -0.05) is 30.3 Å². The highest BCUT2D eigenvalue weighted by molar-refractivity contribution is 6.12. The van der Waals surface area contributed by atoms with E-state index in [1.807, 2.05) is 54.6 Å². The topological polar surface area (TPSA) is 64.2 Å². The first kappa shape index (κ1) is 19.8. The van der Waals surface area contributed by atoms with Gasteiger partial charge in [0.15, 0.2) is 0 Å². The van der Waals surface area contributed by atoms with Gasteiger partial charge in [0.25, 0.3) is 0 Å². The lowest BCUT2D eigenvalue weighted by molar-refractivity contribution is 0.0594. The van der Waals surface area contributed by atoms with Gasteiger partial charge in [-0.3, -0.25) is 0 Å². The Balaban J connectivity index is 1.56. The van der Waals surface area contributed by atoms with Gasteiger partial charge < -0.3 is 14.5 Å². The highest BCUT2D eigenvalue weighted by Crippen LogP contribution is 2.34. The lowest BCUT2D eigenvalue weighted by Gasteiger charge is -2.09. The van der Waals surface area contributed by atoms with E-state index in [4.69, 9.17) is 9.47 Å². The predicted molar refractivity (Wildman–Crippen MR) is 121 cm³/mol. The van der Waals surface area contributed by atoms with Crippen LogP contribution in [-0.4, -0.2) is 23.0 Å². The van der Waals surface area contributed by atoms with E-state index in [2.05, 4.69) is 9.97 Å². The quantitative estimate of drug-likeness (QED) is 0.356. The summed E-state index contributed by atoms with van der Waals surface area (Å²) in [5.74, 6) is -0.157. The Morgan fingerprint density at radius 1 is 0.969 bits per heavy atom. The number of halogens is 1. The summed E-state index contributed by atoms with van der Waals surface area (Å²) in [7, 11) is 1.32. The number of carbonyl (C=O) groups is 1. The monoisotopic (exact) mass is 426 g/mol. The van der Waals surface area contributed by atoms with Crippen molar-refractivity contribution >= 4 is 27.8 Å². The molecule has 0 aliphatic carbocycles. The molecular formula is C26H19FN2O3. The fourth-order valence-corrected chi connectivity index (χ4v) is 3.74. The molecule has 32 heavy (non-hydrogen) atoms. The molecule has 0 unspecified atom stereocenters. The molecule has 6 heteroatoms. The number of esters is 1. The summed E-state index contributed by atoms with van der Waals surface area (Å²) in [5.41, 5.74) is 3.98. The second kappa shape index (κ2) is 8.15. The molecule has 0 bridgehead atoms. The highest BCUT2D eigenvalue weighted by atomic mass is 19.1. The minimum atomic E-state index is -0.535. The maximum Gasteiger partial charge on any atom is 0.356 e. The fourth-order valence-electron chi connectivity index (χ4n) is 3.74. The van der Waals surface area contributed by atoms with Crippen molar-refractivity contribution < 1.29 is 18.7 Å². The summed E-state index contributed by atoms with van der Waals surface area (Å²) in [6.45, 7) is 0.466. The summed E-state index contributed by atoms with van der Waals surface area (Å²) in [6, 6.07) is 23.6. The second-order valence-electron chi connectivity index (χ2n) is 7.38. The zero-order valence-electron chi connectivity index (χ0n) is 17.3. The van der Waals surface area contributed by atoms with Crippen molar-refractivity contribution in [3.63, 3.8) is 0 Å². The minimum Gasteiger partial charge on any atom is -0.489 e. The minimum absolute atomic E-state index is 0.185. The van der Waals surface area contributed by atoms with Crippen LogP contribution in [0.1, 0.15) is 16.1 Å². The van der Waals surface area contributed by atoms with E-state index >= 15 is 0 Å². The van der Waals surface area contributed by atoms with E-state index in [1.54, 1.807) is 12.1 Å². The van der Waals surface area contributed by atoms with Crippen LogP contribution in [0.4, 0.5) is 4.39 Å². The molecule has 2 aromatic heterocycles. The Labute approximate surface area is 183 Å². The molecule has 0 aliphatic rings. The lowest BCUT2D eigenvalue weighted by atomic mass is 10.1. The van der Waals surface area contributed by atoms with Gasteiger partial charge in [0.1, 0.15) is 23.9 Å². The van der Waals surface area contributed by atoms with Gasteiger partial charge in [-0.05, 0) is 54.1 Å². The Hall–Kier alpha value is -4.19. The molecule has 5 nitrogen and oxygen atoms in total. The van der Waals surface area contributed by atoms with Crippen molar-refractivity contribution in [2.75, 3.05) is 7.11 Å². The smallest absolute Gasteiger partial charge is 0.356 e. The number of nitrogens with one attached hydrogen (secondary N) is 1. The third kappa shape index (κ3) is 3.67. The van der Waals surface area contributed by atoms with Gasteiger partial charge in [0.2, 0.25) is 0 Å². The summed E-state index contributed by atoms with van der Waals surface area (Å²) in [5, 5.41) is 1.58. The van der Waals surface area contributed by atoms with E-state index < -0.39 is 5.97 Å². The molecule has 5 rings (SSSR count). The molecule has 0 spiro atoms. The molecule has 0 atom stereocenters. The van der Waals surface area contributed by atoms with Gasteiger partial charge in [-0.25, -0.2) is 14.2 Å². The van der Waals surface area contributed by atoms with Gasteiger partial charge in [0.05, 0.1) is 18.3 Å². The van der Waals surface area contributed by atoms with Crippen molar-refractivity contribution in [1.29, 1.82) is 0 Å². The molecular weight excluding hydrogens is 407 g/mol. The van der Waals surface area contributed by atoms with Crippen LogP contribution >= 0.6 is 0 Å². The summed E-state index contributed by atoms with van der Waals surface area (Å²) >= 11 is 0. The number of ether oxygens (including phenoxy) is 2. The van der Waals surface area contributed by atoms with Gasteiger partial charge in [-0.15, -0.1) is 0 Å². The molecule has 2 heterocycles. The van der Waals surface area contributed by atoms with Gasteiger partial charge in [0, 0.05) is 21.9 Å². The Morgan fingerprint density at radius 2 is 1.75 bits per heavy atom. The van der Waals surface area contributed by atoms with Crippen molar-refractivity contribution in [1.82, 2.24) is 9.97 Å². The summed E-state index contributed by atoms with van der Waals surface area (Å²) in [6.07, 6.45) is 0. The molecule has 0 saturated heterocycles. The van der Waals surface area contributed by atoms with Crippen molar-refractivity contribution in [2.24, 2.45) is 0 Å².